The Morgan fingerprint density at radius 1 is 1.42 bits per heavy atom. The molecule has 2 rings (SSSR count). The highest BCUT2D eigenvalue weighted by atomic mass is 16.3. The molecule has 0 unspecified atom stereocenters. The van der Waals surface area contributed by atoms with Gasteiger partial charge in [0.15, 0.2) is 0 Å². The highest BCUT2D eigenvalue weighted by molar-refractivity contribution is 5.93. The zero-order valence-electron chi connectivity index (χ0n) is 28.0. The van der Waals surface area contributed by atoms with Gasteiger partial charge in [-0.3, -0.25) is 14.4 Å². The second-order valence-corrected chi connectivity index (χ2v) is 5.68. The lowest BCUT2D eigenvalue weighted by molar-refractivity contribution is -0.137. The smallest absolute Gasteiger partial charge is 0.249 e. The minimum atomic E-state index is -3.75. The van der Waals surface area contributed by atoms with Gasteiger partial charge in [0, 0.05) is 24.4 Å². The summed E-state index contributed by atoms with van der Waals surface area (Å²) in [6, 6.07) is -9.85. The van der Waals surface area contributed by atoms with Gasteiger partial charge in [-0.05, 0) is 30.3 Å². The first kappa shape index (κ1) is 8.08. The van der Waals surface area contributed by atoms with Crippen molar-refractivity contribution in [3.8, 4) is 0 Å². The average molecular weight is 376 g/mol. The highest BCUT2D eigenvalue weighted by Gasteiger charge is 2.32. The van der Waals surface area contributed by atoms with Gasteiger partial charge in [-0.2, -0.15) is 0 Å². The van der Waals surface area contributed by atoms with Crippen molar-refractivity contribution in [1.29, 1.82) is 0 Å². The van der Waals surface area contributed by atoms with Crippen molar-refractivity contribution in [2.75, 3.05) is 13.5 Å². The molecular formula is C19H27N3O4. The Bertz CT molecular complexity index is 1230. The fourth-order valence-electron chi connectivity index (χ4n) is 2.06. The number of hydrogen-bond acceptors (Lipinski definition) is 4. The SMILES string of the molecule is [2H]c1c([2H])c([2H])c2c(c1[2H])CC([2H])([2H])N(C([2H])([2H])[2H])C(=O)[C@H]2NC(=O)[C@@]([2H])(NC(=O)[C@@]([2H])(O)C(C)C)C([2H])([2H])[2H]. The average Bonchev–Trinajstić information content (AvgIpc) is 2.86. The van der Waals surface area contributed by atoms with Crippen LogP contribution in [-0.4, -0.2) is 53.3 Å². The number of rotatable bonds is 5. The second-order valence-electron chi connectivity index (χ2n) is 5.68. The summed E-state index contributed by atoms with van der Waals surface area (Å²) in [7, 11) is 0. The molecule has 3 atom stereocenters. The Kier molecular flexibility index (Phi) is 2.58. The number of likely N-dealkylation sites (N-methyl/N-ethyl adjacent to an activating group) is 1. The number of nitrogens with one attached hydrogen (secondary N) is 2. The van der Waals surface area contributed by atoms with E-state index in [-0.39, 0.29) is 4.90 Å². The van der Waals surface area contributed by atoms with Gasteiger partial charge < -0.3 is 20.6 Å². The van der Waals surface area contributed by atoms with Crippen LogP contribution in [0, 0.1) is 5.92 Å². The number of carbonyl (C=O) groups is 3. The van der Waals surface area contributed by atoms with Gasteiger partial charge in [0.2, 0.25) is 17.7 Å². The Hall–Kier alpha value is -2.41. The van der Waals surface area contributed by atoms with E-state index in [1.165, 1.54) is 19.2 Å². The van der Waals surface area contributed by atoms with Crippen LogP contribution in [0.3, 0.4) is 0 Å². The summed E-state index contributed by atoms with van der Waals surface area (Å²) in [6.07, 6.45) is -4.09. The van der Waals surface area contributed by atoms with Crippen LogP contribution in [0.2, 0.25) is 0 Å². The van der Waals surface area contributed by atoms with E-state index in [1.807, 2.05) is 0 Å². The van der Waals surface area contributed by atoms with E-state index < -0.39 is 104 Å². The van der Waals surface area contributed by atoms with Crippen molar-refractivity contribution in [2.24, 2.45) is 5.92 Å². The largest absolute Gasteiger partial charge is 0.383 e. The summed E-state index contributed by atoms with van der Waals surface area (Å²) in [5, 5.41) is 13.3. The van der Waals surface area contributed by atoms with Crippen molar-refractivity contribution >= 4 is 17.7 Å². The maximum atomic E-state index is 13.5. The number of aliphatic hydroxyl groups is 1. The van der Waals surface area contributed by atoms with Crippen LogP contribution >= 0.6 is 0 Å². The monoisotopic (exact) mass is 375 g/mol. The van der Waals surface area contributed by atoms with Crippen LogP contribution in [0.4, 0.5) is 0 Å². The van der Waals surface area contributed by atoms with E-state index in [2.05, 4.69) is 0 Å². The molecule has 3 N–H and O–H groups in total. The zero-order valence-corrected chi connectivity index (χ0v) is 14.0. The first-order valence-corrected chi connectivity index (χ1v) is 7.52. The van der Waals surface area contributed by atoms with Crippen LogP contribution < -0.4 is 10.6 Å². The molecule has 0 radical (unpaired) electrons. The van der Waals surface area contributed by atoms with Gasteiger partial charge in [-0.15, -0.1) is 0 Å². The van der Waals surface area contributed by atoms with Crippen molar-refractivity contribution in [1.82, 2.24) is 15.5 Å². The molecule has 0 spiro atoms. The lowest BCUT2D eigenvalue weighted by atomic mass is 9.99. The third-order valence-corrected chi connectivity index (χ3v) is 3.49. The summed E-state index contributed by atoms with van der Waals surface area (Å²) in [5.41, 5.74) is -1.38. The summed E-state index contributed by atoms with van der Waals surface area (Å²) in [4.78, 5) is 39.1. The van der Waals surface area contributed by atoms with Crippen molar-refractivity contribution in [2.45, 2.75) is 45.3 Å². The molecule has 1 aliphatic rings. The topological polar surface area (TPSA) is 98.7 Å². The molecule has 1 heterocycles. The van der Waals surface area contributed by atoms with Gasteiger partial charge in [-0.1, -0.05) is 38.0 Å². The molecule has 1 aromatic rings. The number of amides is 3. The minimum Gasteiger partial charge on any atom is -0.383 e. The molecule has 26 heavy (non-hydrogen) atoms. The predicted molar refractivity (Wildman–Crippen MR) is 97.1 cm³/mol. The Morgan fingerprint density at radius 3 is 2.81 bits per heavy atom. The molecule has 0 saturated heterocycles. The molecule has 0 fully saturated rings. The Morgan fingerprint density at radius 2 is 2.15 bits per heavy atom. The van der Waals surface area contributed by atoms with E-state index >= 15 is 0 Å². The molecule has 3 amide bonds. The number of benzene rings is 1. The molecule has 1 aromatic carbocycles. The molecule has 0 aromatic heterocycles. The molecule has 0 saturated carbocycles. The van der Waals surface area contributed by atoms with Crippen LogP contribution in [0.5, 0.6) is 0 Å². The predicted octanol–water partition coefficient (Wildman–Crippen LogP) is 0.380. The van der Waals surface area contributed by atoms with Crippen LogP contribution in [0.15, 0.2) is 24.2 Å². The lowest BCUT2D eigenvalue weighted by Gasteiger charge is -2.24. The zero-order chi connectivity index (χ0) is 31.5. The fourth-order valence-corrected chi connectivity index (χ4v) is 2.06. The molecule has 7 nitrogen and oxygen atoms in total. The maximum Gasteiger partial charge on any atom is 0.249 e. The minimum absolute atomic E-state index is 0.280. The van der Waals surface area contributed by atoms with Gasteiger partial charge in [0.25, 0.3) is 0 Å². The van der Waals surface area contributed by atoms with E-state index in [4.69, 9.17) is 19.2 Å². The van der Waals surface area contributed by atoms with E-state index in [1.54, 1.807) is 5.32 Å². The molecule has 7 heteroatoms. The summed E-state index contributed by atoms with van der Waals surface area (Å²) < 4.78 is 111. The van der Waals surface area contributed by atoms with E-state index in [0.717, 1.165) is 0 Å². The summed E-state index contributed by atoms with van der Waals surface area (Å²) in [6.45, 7) is -7.97. The summed E-state index contributed by atoms with van der Waals surface area (Å²) >= 11 is 0. The number of fused-ring (bicyclic) bond motifs is 1. The number of carbonyl (C=O) groups excluding carboxylic acids is 3. The molecular weight excluding hydrogens is 334 g/mol. The van der Waals surface area contributed by atoms with Gasteiger partial charge in [0.1, 0.15) is 18.1 Å². The second kappa shape index (κ2) is 8.31. The van der Waals surface area contributed by atoms with E-state index in [0.29, 0.717) is 0 Å². The van der Waals surface area contributed by atoms with Crippen LogP contribution in [0.25, 0.3) is 0 Å². The Labute approximate surface area is 173 Å². The highest BCUT2D eigenvalue weighted by Crippen LogP contribution is 2.24. The van der Waals surface area contributed by atoms with Gasteiger partial charge in [0.05, 0.1) is 8.22 Å². The lowest BCUT2D eigenvalue weighted by Crippen LogP contribution is -2.51. The number of hydrogen-bond donors (Lipinski definition) is 3. The van der Waals surface area contributed by atoms with Crippen LogP contribution in [-0.2, 0) is 20.8 Å². The molecule has 142 valence electrons. The first-order chi connectivity index (χ1) is 17.7. The Balaban J connectivity index is 2.81. The van der Waals surface area contributed by atoms with Gasteiger partial charge in [-0.25, -0.2) is 0 Å². The maximum absolute atomic E-state index is 13.5. The molecule has 0 bridgehead atoms. The normalized spacial score (nSPS) is 32.5. The summed E-state index contributed by atoms with van der Waals surface area (Å²) in [5.74, 6) is -6.71. The fraction of sp³-hybridized carbons (Fsp3) is 0.526. The van der Waals surface area contributed by atoms with Crippen molar-refractivity contribution in [3.05, 3.63) is 35.3 Å². The first-order valence-electron chi connectivity index (χ1n) is 14.5. The quantitative estimate of drug-likeness (QED) is 0.693. The standard InChI is InChI=1S/C19H27N3O4/c1-11(2)16(23)18(25)20-12(3)17(24)21-15-14-8-6-5-7-13(14)9-10-22(4)19(15)26/h5-8,11-12,15-16,23H,9-10H2,1-4H3,(H,20,25)(H,21,24)/t12-,15-,16-/m0/s1/i3D3,4D3,5D,6D,7D,8D,10D2,12D,16D. The molecule has 1 aliphatic heterocycles. The third kappa shape index (κ3) is 4.40. The number of nitrogens with zero attached hydrogens (tertiary/aromatic N) is 1. The van der Waals surface area contributed by atoms with Crippen molar-refractivity contribution < 1.29 is 38.7 Å². The van der Waals surface area contributed by atoms with Crippen LogP contribution in [0.1, 0.15) is 57.1 Å². The third-order valence-electron chi connectivity index (χ3n) is 3.49. The van der Waals surface area contributed by atoms with Gasteiger partial charge >= 0.3 is 0 Å². The van der Waals surface area contributed by atoms with Crippen molar-refractivity contribution in [3.63, 3.8) is 0 Å². The molecule has 0 aliphatic carbocycles. The van der Waals surface area contributed by atoms with E-state index in [9.17, 15) is 19.5 Å².